The molecule has 1 amide bonds. The number of fused-ring (bicyclic) bond motifs is 1. The summed E-state index contributed by atoms with van der Waals surface area (Å²) in [5.41, 5.74) is 2.94. The Labute approximate surface area is 158 Å². The molecule has 4 rings (SSSR count). The van der Waals surface area contributed by atoms with E-state index < -0.39 is 0 Å². The molecule has 1 aliphatic rings. The second kappa shape index (κ2) is 7.39. The van der Waals surface area contributed by atoms with Gasteiger partial charge in [-0.1, -0.05) is 43.0 Å². The maximum atomic E-state index is 12.4. The number of benzene rings is 2. The van der Waals surface area contributed by atoms with Crippen LogP contribution in [0.1, 0.15) is 48.0 Å². The fourth-order valence-corrected chi connectivity index (χ4v) is 3.71. The highest BCUT2D eigenvalue weighted by atomic mass is 16.3. The lowest BCUT2D eigenvalue weighted by molar-refractivity contribution is 0.0927. The van der Waals surface area contributed by atoms with Crippen LogP contribution in [-0.2, 0) is 0 Å². The topological polar surface area (TPSA) is 59.3 Å². The van der Waals surface area contributed by atoms with Crippen LogP contribution in [0, 0.1) is 6.92 Å². The van der Waals surface area contributed by atoms with Crippen LogP contribution in [-0.4, -0.2) is 11.9 Å². The molecule has 1 fully saturated rings. The summed E-state index contributed by atoms with van der Waals surface area (Å²) in [7, 11) is 0. The molecule has 0 bridgehead atoms. The molecular weight excluding hydrogens is 338 g/mol. The molecule has 4 nitrogen and oxygen atoms in total. The van der Waals surface area contributed by atoms with Gasteiger partial charge in [0.05, 0.1) is 5.39 Å². The number of carbonyl (C=O) groups is 1. The van der Waals surface area contributed by atoms with Crippen LogP contribution in [0.4, 0.5) is 0 Å². The number of aryl methyl sites for hydroxylation is 1. The molecular formula is C23H23NO3. The molecule has 4 heteroatoms. The van der Waals surface area contributed by atoms with Crippen LogP contribution >= 0.6 is 0 Å². The van der Waals surface area contributed by atoms with Gasteiger partial charge in [0.2, 0.25) is 0 Å². The van der Waals surface area contributed by atoms with Crippen molar-refractivity contribution in [1.29, 1.82) is 0 Å². The van der Waals surface area contributed by atoms with Crippen molar-refractivity contribution >= 4 is 16.9 Å². The molecule has 2 aromatic carbocycles. The maximum absolute atomic E-state index is 12.4. The monoisotopic (exact) mass is 361 g/mol. The third-order valence-corrected chi connectivity index (χ3v) is 5.25. The van der Waals surface area contributed by atoms with E-state index in [4.69, 9.17) is 4.42 Å². The normalized spacial score (nSPS) is 15.0. The lowest BCUT2D eigenvalue weighted by Crippen LogP contribution is -2.36. The van der Waals surface area contributed by atoms with Crippen LogP contribution in [0.3, 0.4) is 0 Å². The fourth-order valence-electron chi connectivity index (χ4n) is 3.71. The van der Waals surface area contributed by atoms with Crippen LogP contribution in [0.5, 0.6) is 0 Å². The van der Waals surface area contributed by atoms with E-state index in [-0.39, 0.29) is 17.4 Å². The zero-order valence-electron chi connectivity index (χ0n) is 15.5. The quantitative estimate of drug-likeness (QED) is 0.727. The van der Waals surface area contributed by atoms with Crippen molar-refractivity contribution in [3.63, 3.8) is 0 Å². The molecule has 1 saturated carbocycles. The number of rotatable bonds is 3. The summed E-state index contributed by atoms with van der Waals surface area (Å²) in [6.07, 6.45) is 5.75. The van der Waals surface area contributed by atoms with Gasteiger partial charge in [0.15, 0.2) is 5.43 Å². The molecule has 1 aromatic heterocycles. The lowest BCUT2D eigenvalue weighted by atomic mass is 9.95. The number of hydrogen-bond acceptors (Lipinski definition) is 3. The van der Waals surface area contributed by atoms with E-state index >= 15 is 0 Å². The zero-order valence-corrected chi connectivity index (χ0v) is 15.5. The van der Waals surface area contributed by atoms with Crippen molar-refractivity contribution in [2.75, 3.05) is 0 Å². The Morgan fingerprint density at radius 1 is 1.00 bits per heavy atom. The molecule has 3 aromatic rings. The molecule has 0 saturated heterocycles. The summed E-state index contributed by atoms with van der Waals surface area (Å²) in [5.74, 6) is 0.472. The predicted molar refractivity (Wildman–Crippen MR) is 107 cm³/mol. The average molecular weight is 361 g/mol. The van der Waals surface area contributed by atoms with Gasteiger partial charge in [0.1, 0.15) is 11.3 Å². The largest absolute Gasteiger partial charge is 0.456 e. The van der Waals surface area contributed by atoms with E-state index in [2.05, 4.69) is 5.32 Å². The van der Waals surface area contributed by atoms with Crippen molar-refractivity contribution in [2.24, 2.45) is 0 Å². The summed E-state index contributed by atoms with van der Waals surface area (Å²) in [4.78, 5) is 24.8. The molecule has 27 heavy (non-hydrogen) atoms. The van der Waals surface area contributed by atoms with Gasteiger partial charge in [0.25, 0.3) is 5.91 Å². The van der Waals surface area contributed by atoms with Crippen LogP contribution in [0.25, 0.3) is 22.3 Å². The van der Waals surface area contributed by atoms with Gasteiger partial charge >= 0.3 is 0 Å². The molecule has 0 radical (unpaired) electrons. The van der Waals surface area contributed by atoms with Crippen molar-refractivity contribution in [2.45, 2.75) is 45.1 Å². The summed E-state index contributed by atoms with van der Waals surface area (Å²) in [6.45, 7) is 1.95. The Bertz CT molecular complexity index is 1030. The first kappa shape index (κ1) is 17.5. The molecule has 0 aliphatic heterocycles. The number of carbonyl (C=O) groups excluding carboxylic acids is 1. The van der Waals surface area contributed by atoms with Gasteiger partial charge in [0, 0.05) is 23.2 Å². The minimum atomic E-state index is -0.0610. The molecule has 1 N–H and O–H groups in total. The molecule has 0 atom stereocenters. The van der Waals surface area contributed by atoms with Crippen LogP contribution < -0.4 is 10.7 Å². The van der Waals surface area contributed by atoms with E-state index in [1.165, 1.54) is 25.3 Å². The first-order valence-electron chi connectivity index (χ1n) is 9.56. The average Bonchev–Trinajstić information content (AvgIpc) is 2.69. The predicted octanol–water partition coefficient (Wildman–Crippen LogP) is 4.83. The second-order valence-corrected chi connectivity index (χ2v) is 7.36. The molecule has 0 unspecified atom stereocenters. The molecule has 0 spiro atoms. The van der Waals surface area contributed by atoms with Gasteiger partial charge in [-0.15, -0.1) is 0 Å². The number of nitrogens with one attached hydrogen (secondary N) is 1. The Morgan fingerprint density at radius 2 is 1.74 bits per heavy atom. The second-order valence-electron chi connectivity index (χ2n) is 7.36. The van der Waals surface area contributed by atoms with E-state index in [1.807, 2.05) is 37.3 Å². The van der Waals surface area contributed by atoms with Crippen molar-refractivity contribution in [3.8, 4) is 11.3 Å². The summed E-state index contributed by atoms with van der Waals surface area (Å²) < 4.78 is 5.90. The molecule has 1 heterocycles. The van der Waals surface area contributed by atoms with E-state index in [0.717, 1.165) is 24.0 Å². The van der Waals surface area contributed by atoms with E-state index in [0.29, 0.717) is 22.3 Å². The highest BCUT2D eigenvalue weighted by Gasteiger charge is 2.17. The third kappa shape index (κ3) is 3.80. The third-order valence-electron chi connectivity index (χ3n) is 5.25. The Balaban J connectivity index is 1.56. The highest BCUT2D eigenvalue weighted by Crippen LogP contribution is 2.23. The Kier molecular flexibility index (Phi) is 4.80. The van der Waals surface area contributed by atoms with Crippen molar-refractivity contribution in [1.82, 2.24) is 5.32 Å². The molecule has 1 aliphatic carbocycles. The van der Waals surface area contributed by atoms with Gasteiger partial charge in [-0.2, -0.15) is 0 Å². The minimum Gasteiger partial charge on any atom is -0.456 e. The summed E-state index contributed by atoms with van der Waals surface area (Å²) >= 11 is 0. The fraction of sp³-hybridized carbons (Fsp3) is 0.304. The van der Waals surface area contributed by atoms with Crippen LogP contribution in [0.15, 0.2) is 57.7 Å². The van der Waals surface area contributed by atoms with E-state index in [1.54, 1.807) is 12.1 Å². The smallest absolute Gasteiger partial charge is 0.251 e. The Morgan fingerprint density at radius 3 is 2.48 bits per heavy atom. The first-order valence-corrected chi connectivity index (χ1v) is 9.56. The van der Waals surface area contributed by atoms with Gasteiger partial charge < -0.3 is 9.73 Å². The van der Waals surface area contributed by atoms with Crippen LogP contribution in [0.2, 0.25) is 0 Å². The Hall–Kier alpha value is -2.88. The number of amides is 1. The van der Waals surface area contributed by atoms with Gasteiger partial charge in [-0.25, -0.2) is 0 Å². The van der Waals surface area contributed by atoms with Gasteiger partial charge in [-0.05, 0) is 44.0 Å². The minimum absolute atomic E-state index is 0.0381. The van der Waals surface area contributed by atoms with Gasteiger partial charge in [-0.3, -0.25) is 9.59 Å². The first-order chi connectivity index (χ1) is 13.1. The summed E-state index contributed by atoms with van der Waals surface area (Å²) in [6, 6.07) is 14.6. The van der Waals surface area contributed by atoms with E-state index in [9.17, 15) is 9.59 Å². The highest BCUT2D eigenvalue weighted by molar-refractivity contribution is 5.94. The van der Waals surface area contributed by atoms with Crippen molar-refractivity contribution in [3.05, 3.63) is 69.9 Å². The van der Waals surface area contributed by atoms with Crippen molar-refractivity contribution < 1.29 is 9.21 Å². The standard InChI is InChI=1S/C23H23NO3/c1-15-7-12-21-19(13-15)20(25)14-22(27-21)16-8-10-17(11-9-16)23(26)24-18-5-3-2-4-6-18/h7-14,18H,2-6H2,1H3,(H,24,26). The summed E-state index contributed by atoms with van der Waals surface area (Å²) in [5, 5.41) is 3.71. The zero-order chi connectivity index (χ0) is 18.8. The lowest BCUT2D eigenvalue weighted by Gasteiger charge is -2.22. The maximum Gasteiger partial charge on any atom is 0.251 e. The number of hydrogen-bond donors (Lipinski definition) is 1. The molecule has 138 valence electrons. The SMILES string of the molecule is Cc1ccc2oc(-c3ccc(C(=O)NC4CCCCC4)cc3)cc(=O)c2c1.